The van der Waals surface area contributed by atoms with Gasteiger partial charge >= 0.3 is 0 Å². The summed E-state index contributed by atoms with van der Waals surface area (Å²) in [7, 11) is 0. The molecule has 2 aliphatic heterocycles. The molecular weight excluding hydrogens is 468 g/mol. The highest BCUT2D eigenvalue weighted by Crippen LogP contribution is 2.37. The number of allylic oxidation sites excluding steroid dienone is 4. The van der Waals surface area contributed by atoms with E-state index in [0.29, 0.717) is 5.56 Å². The van der Waals surface area contributed by atoms with Gasteiger partial charge in [-0.05, 0) is 116 Å². The van der Waals surface area contributed by atoms with Crippen LogP contribution in [0.25, 0.3) is 44.4 Å². The second-order valence-electron chi connectivity index (χ2n) is 10.4. The molecule has 0 amide bonds. The molecule has 0 aliphatic carbocycles. The smallest absolute Gasteiger partial charge is 0.154 e. The third kappa shape index (κ3) is 3.87. The molecule has 3 aromatic rings. The first-order valence-electron chi connectivity index (χ1n) is 13.9. The lowest BCUT2D eigenvalue weighted by Crippen LogP contribution is -1.93. The van der Waals surface area contributed by atoms with Crippen LogP contribution in [0, 0.1) is 13.8 Å². The molecule has 8 bridgehead atoms. The molecule has 5 nitrogen and oxygen atoms in total. The van der Waals surface area contributed by atoms with Crippen LogP contribution in [0.4, 0.5) is 0 Å². The van der Waals surface area contributed by atoms with Crippen molar-refractivity contribution in [1.29, 1.82) is 0 Å². The number of hydrogen-bond donors (Lipinski definition) is 2. The van der Waals surface area contributed by atoms with Crippen molar-refractivity contribution in [1.82, 2.24) is 19.9 Å². The van der Waals surface area contributed by atoms with E-state index in [2.05, 4.69) is 83.6 Å². The van der Waals surface area contributed by atoms with Crippen molar-refractivity contribution in [3.8, 4) is 0 Å². The van der Waals surface area contributed by atoms with Gasteiger partial charge < -0.3 is 9.97 Å². The van der Waals surface area contributed by atoms with E-state index in [1.807, 2.05) is 0 Å². The summed E-state index contributed by atoms with van der Waals surface area (Å²) in [4.78, 5) is 30.2. The van der Waals surface area contributed by atoms with Crippen LogP contribution in [0.5, 0.6) is 0 Å². The summed E-state index contributed by atoms with van der Waals surface area (Å²) in [6, 6.07) is 6.52. The van der Waals surface area contributed by atoms with Crippen LogP contribution in [-0.4, -0.2) is 26.2 Å². The van der Waals surface area contributed by atoms with Crippen molar-refractivity contribution >= 4 is 50.6 Å². The van der Waals surface area contributed by atoms with Gasteiger partial charge in [-0.3, -0.25) is 4.79 Å². The van der Waals surface area contributed by atoms with Gasteiger partial charge in [-0.25, -0.2) is 9.97 Å². The van der Waals surface area contributed by atoms with Crippen LogP contribution >= 0.6 is 0 Å². The predicted octanol–water partition coefficient (Wildman–Crippen LogP) is 8.55. The minimum Gasteiger partial charge on any atom is -0.355 e. The Hall–Kier alpha value is -3.73. The minimum atomic E-state index is 0.623. The molecule has 0 saturated carbocycles. The minimum absolute atomic E-state index is 0.623. The van der Waals surface area contributed by atoms with Gasteiger partial charge in [-0.2, -0.15) is 0 Å². The van der Waals surface area contributed by atoms with E-state index in [-0.39, 0.29) is 0 Å². The van der Waals surface area contributed by atoms with Gasteiger partial charge in [0.25, 0.3) is 0 Å². The molecule has 5 heteroatoms. The van der Waals surface area contributed by atoms with Crippen LogP contribution in [0.1, 0.15) is 110 Å². The number of carbonyl (C=O) groups excluding carboxylic acids is 1. The summed E-state index contributed by atoms with van der Waals surface area (Å²) >= 11 is 0. The summed E-state index contributed by atoms with van der Waals surface area (Å²) < 4.78 is 0. The van der Waals surface area contributed by atoms with Gasteiger partial charge in [0.15, 0.2) is 6.29 Å². The molecular formula is C33H38N4O. The van der Waals surface area contributed by atoms with Gasteiger partial charge in [0, 0.05) is 16.6 Å². The lowest BCUT2D eigenvalue weighted by atomic mass is 10.00. The van der Waals surface area contributed by atoms with Crippen molar-refractivity contribution in [2.45, 2.75) is 81.1 Å². The fraction of sp³-hybridized carbons (Fsp3) is 0.364. The molecule has 2 N–H and O–H groups in total. The van der Waals surface area contributed by atoms with E-state index in [1.54, 1.807) is 0 Å². The quantitative estimate of drug-likeness (QED) is 0.340. The first-order chi connectivity index (χ1) is 18.3. The van der Waals surface area contributed by atoms with Gasteiger partial charge in [0.2, 0.25) is 0 Å². The van der Waals surface area contributed by atoms with E-state index in [1.165, 1.54) is 27.8 Å². The zero-order valence-corrected chi connectivity index (χ0v) is 23.9. The number of carbonyl (C=O) groups is 1. The molecule has 196 valence electrons. The number of H-pyrrole nitrogens is 2. The number of nitrogens with one attached hydrogen (secondary N) is 2. The van der Waals surface area contributed by atoms with E-state index >= 15 is 0 Å². The molecule has 5 rings (SSSR count). The van der Waals surface area contributed by atoms with Crippen LogP contribution in [0.3, 0.4) is 0 Å². The predicted molar refractivity (Wildman–Crippen MR) is 160 cm³/mol. The summed E-state index contributed by atoms with van der Waals surface area (Å²) in [6.45, 7) is 17.3. The Morgan fingerprint density at radius 2 is 1.21 bits per heavy atom. The number of fused-ring (bicyclic) bond motifs is 8. The number of nitrogens with zero attached hydrogens (tertiary/aromatic N) is 2. The molecule has 0 unspecified atom stereocenters. The van der Waals surface area contributed by atoms with E-state index in [0.717, 1.165) is 93.5 Å². The molecule has 2 aliphatic rings. The van der Waals surface area contributed by atoms with Crippen molar-refractivity contribution in [2.24, 2.45) is 0 Å². The third-order valence-electron chi connectivity index (χ3n) is 8.51. The van der Waals surface area contributed by atoms with Crippen molar-refractivity contribution in [3.63, 3.8) is 0 Å². The maximum absolute atomic E-state index is 12.7. The maximum Gasteiger partial charge on any atom is 0.154 e. The Kier molecular flexibility index (Phi) is 6.72. The van der Waals surface area contributed by atoms with Crippen LogP contribution in [0.2, 0.25) is 0 Å². The largest absolute Gasteiger partial charge is 0.355 e. The molecule has 38 heavy (non-hydrogen) atoms. The Morgan fingerprint density at radius 1 is 0.658 bits per heavy atom. The van der Waals surface area contributed by atoms with Crippen LogP contribution < -0.4 is 0 Å². The molecule has 5 heterocycles. The average Bonchev–Trinajstić information content (AvgIpc) is 3.57. The molecule has 0 spiro atoms. The molecule has 3 aromatic heterocycles. The fourth-order valence-corrected chi connectivity index (χ4v) is 6.28. The van der Waals surface area contributed by atoms with Gasteiger partial charge in [-0.1, -0.05) is 27.7 Å². The standard InChI is InChI=1S/C33H38N4O/c1-9-21-18(6)27-14-31-23(11-3)20(8)32(37-31)25(16-38)33-24(12-4)19(7)28(36-33)15-30-22(10-2)17(5)26(34-30)13-29(21)35-27/h13-16,35-36H,9-12H2,1-8H3. The summed E-state index contributed by atoms with van der Waals surface area (Å²) in [5.74, 6) is 0. The number of hydrogen-bond acceptors (Lipinski definition) is 3. The van der Waals surface area contributed by atoms with E-state index in [4.69, 9.17) is 9.97 Å². The number of aryl methyl sites for hydroxylation is 4. The van der Waals surface area contributed by atoms with E-state index < -0.39 is 0 Å². The number of aldehydes is 1. The Balaban J connectivity index is 2.06. The third-order valence-corrected chi connectivity index (χ3v) is 8.51. The Bertz CT molecular complexity index is 1710. The topological polar surface area (TPSA) is 74.4 Å². The highest BCUT2D eigenvalue weighted by atomic mass is 16.1. The molecule has 0 aromatic carbocycles. The summed E-state index contributed by atoms with van der Waals surface area (Å²) in [6.07, 6.45) is 4.46. The van der Waals surface area contributed by atoms with Crippen molar-refractivity contribution < 1.29 is 4.79 Å². The zero-order chi connectivity index (χ0) is 27.3. The lowest BCUT2D eigenvalue weighted by molar-refractivity contribution is 0.112. The average molecular weight is 507 g/mol. The second kappa shape index (κ2) is 9.86. The molecule has 0 fully saturated rings. The van der Waals surface area contributed by atoms with Crippen molar-refractivity contribution in [2.75, 3.05) is 0 Å². The van der Waals surface area contributed by atoms with Gasteiger partial charge in [0.1, 0.15) is 0 Å². The highest BCUT2D eigenvalue weighted by molar-refractivity contribution is 6.01. The van der Waals surface area contributed by atoms with Gasteiger partial charge in [0.05, 0.1) is 33.9 Å². The summed E-state index contributed by atoms with van der Waals surface area (Å²) in [5.41, 5.74) is 17.9. The number of rotatable bonds is 5. The first kappa shape index (κ1) is 25.9. The molecule has 0 saturated heterocycles. The van der Waals surface area contributed by atoms with Crippen LogP contribution in [-0.2, 0) is 12.8 Å². The zero-order valence-electron chi connectivity index (χ0n) is 23.9. The molecule has 0 atom stereocenters. The van der Waals surface area contributed by atoms with Gasteiger partial charge in [-0.15, -0.1) is 0 Å². The maximum atomic E-state index is 12.7. The first-order valence-corrected chi connectivity index (χ1v) is 13.9. The normalized spacial score (nSPS) is 13.6. The van der Waals surface area contributed by atoms with Crippen molar-refractivity contribution in [3.05, 3.63) is 68.8 Å². The SMILES string of the molecule is CCC1=C(C)c2cc3[nH]c(cc4nc(c(C=O)c5[nH]c(cc1n2)c(C)c5CC)C(C)=C4CC)c(C)c3CC. The second-order valence-corrected chi connectivity index (χ2v) is 10.4. The number of aromatic nitrogens is 4. The number of aromatic amines is 2. The monoisotopic (exact) mass is 506 g/mol. The fourth-order valence-electron chi connectivity index (χ4n) is 6.28. The summed E-state index contributed by atoms with van der Waals surface area (Å²) in [5, 5.41) is 0. The van der Waals surface area contributed by atoms with Crippen LogP contribution in [0.15, 0.2) is 18.2 Å². The Labute approximate surface area is 225 Å². The Morgan fingerprint density at radius 3 is 1.82 bits per heavy atom. The molecule has 0 radical (unpaired) electrons. The lowest BCUT2D eigenvalue weighted by Gasteiger charge is -2.02. The van der Waals surface area contributed by atoms with E-state index in [9.17, 15) is 4.79 Å². The highest BCUT2D eigenvalue weighted by Gasteiger charge is 2.22.